The van der Waals surface area contributed by atoms with Crippen molar-refractivity contribution >= 4 is 81.8 Å². The number of rotatable bonds is 1. The van der Waals surface area contributed by atoms with Crippen LogP contribution in [-0.2, 0) is 0 Å². The number of aromatic nitrogens is 2. The van der Waals surface area contributed by atoms with Gasteiger partial charge in [-0.2, -0.15) is 0 Å². The van der Waals surface area contributed by atoms with Crippen molar-refractivity contribution in [2.45, 2.75) is 0 Å². The molecular formula is C36H20N2O. The van der Waals surface area contributed by atoms with E-state index < -0.39 is 0 Å². The molecule has 0 N–H and O–H groups in total. The highest BCUT2D eigenvalue weighted by Crippen LogP contribution is 2.46. The zero-order valence-corrected chi connectivity index (χ0v) is 20.8. The van der Waals surface area contributed by atoms with E-state index in [9.17, 15) is 0 Å². The summed E-state index contributed by atoms with van der Waals surface area (Å²) in [7, 11) is 0. The lowest BCUT2D eigenvalue weighted by Crippen LogP contribution is -1.94. The van der Waals surface area contributed by atoms with Gasteiger partial charge in [-0.15, -0.1) is 0 Å². The molecule has 39 heavy (non-hydrogen) atoms. The second-order valence-electron chi connectivity index (χ2n) is 10.5. The van der Waals surface area contributed by atoms with E-state index >= 15 is 0 Å². The molecule has 0 bridgehead atoms. The van der Waals surface area contributed by atoms with Crippen molar-refractivity contribution in [1.82, 2.24) is 8.97 Å². The van der Waals surface area contributed by atoms with Gasteiger partial charge in [0, 0.05) is 54.8 Å². The minimum atomic E-state index is 0.909. The topological polar surface area (TPSA) is 22.5 Å². The summed E-state index contributed by atoms with van der Waals surface area (Å²) in [6, 6.07) is 43.7. The van der Waals surface area contributed by atoms with Gasteiger partial charge in [-0.25, -0.2) is 0 Å². The molecule has 0 atom stereocenters. The van der Waals surface area contributed by atoms with Crippen molar-refractivity contribution in [1.29, 1.82) is 0 Å². The molecule has 0 aliphatic heterocycles. The molecule has 0 amide bonds. The van der Waals surface area contributed by atoms with Crippen molar-refractivity contribution < 1.29 is 4.42 Å². The fourth-order valence-electron chi connectivity index (χ4n) is 7.08. The zero-order chi connectivity index (χ0) is 25.2. The van der Waals surface area contributed by atoms with Gasteiger partial charge in [0.05, 0.1) is 27.6 Å². The first-order valence-corrected chi connectivity index (χ1v) is 13.4. The third-order valence-corrected chi connectivity index (χ3v) is 8.62. The standard InChI is InChI=1S/C36H20N2O/c1-5-13-29-22(9-1)27-20-28-23-10-2-6-14-30(23)38-31-15-7-3-12-26(31)34(36(28)38)35(27)37(29)21-17-18-25-24-11-4-8-16-32(24)39-33(25)19-21/h1-20H. The Morgan fingerprint density at radius 1 is 0.410 bits per heavy atom. The molecule has 10 rings (SSSR count). The lowest BCUT2D eigenvalue weighted by atomic mass is 10.0. The maximum atomic E-state index is 6.33. The first-order chi connectivity index (χ1) is 19.4. The van der Waals surface area contributed by atoms with E-state index in [1.807, 2.05) is 12.1 Å². The third-order valence-electron chi connectivity index (χ3n) is 8.62. The van der Waals surface area contributed by atoms with Gasteiger partial charge in [0.25, 0.3) is 0 Å². The summed E-state index contributed by atoms with van der Waals surface area (Å²) in [4.78, 5) is 0. The number of fused-ring (bicyclic) bond motifs is 13. The summed E-state index contributed by atoms with van der Waals surface area (Å²) in [6.07, 6.45) is 0. The van der Waals surface area contributed by atoms with Crippen molar-refractivity contribution in [2.24, 2.45) is 0 Å². The average Bonchev–Trinajstić information content (AvgIpc) is 3.71. The fourth-order valence-corrected chi connectivity index (χ4v) is 7.08. The van der Waals surface area contributed by atoms with Gasteiger partial charge in [0.15, 0.2) is 0 Å². The Kier molecular flexibility index (Phi) is 3.44. The number of hydrogen-bond acceptors (Lipinski definition) is 1. The Hall–Kier alpha value is -5.28. The molecule has 10 aromatic rings. The monoisotopic (exact) mass is 496 g/mol. The molecule has 3 nitrogen and oxygen atoms in total. The first kappa shape index (κ1) is 19.8. The molecule has 0 spiro atoms. The molecule has 0 unspecified atom stereocenters. The van der Waals surface area contributed by atoms with E-state index in [1.165, 1.54) is 59.9 Å². The number of furan rings is 1. The lowest BCUT2D eigenvalue weighted by molar-refractivity contribution is 0.668. The molecule has 4 heterocycles. The van der Waals surface area contributed by atoms with Gasteiger partial charge in [-0.1, -0.05) is 72.8 Å². The van der Waals surface area contributed by atoms with Crippen LogP contribution in [0.5, 0.6) is 0 Å². The molecule has 0 aliphatic carbocycles. The zero-order valence-electron chi connectivity index (χ0n) is 20.8. The quantitative estimate of drug-likeness (QED) is 0.222. The normalized spacial score (nSPS) is 12.6. The van der Waals surface area contributed by atoms with Crippen LogP contribution in [0.3, 0.4) is 0 Å². The molecule has 0 saturated carbocycles. The summed E-state index contributed by atoms with van der Waals surface area (Å²) in [5, 5.41) is 10.0. The van der Waals surface area contributed by atoms with Crippen LogP contribution in [0.1, 0.15) is 0 Å². The third kappa shape index (κ3) is 2.31. The van der Waals surface area contributed by atoms with Crippen LogP contribution in [0.4, 0.5) is 0 Å². The van der Waals surface area contributed by atoms with Crippen LogP contribution in [0.15, 0.2) is 126 Å². The molecule has 3 heteroatoms. The van der Waals surface area contributed by atoms with Gasteiger partial charge >= 0.3 is 0 Å². The minimum absolute atomic E-state index is 0.909. The van der Waals surface area contributed by atoms with E-state index in [-0.39, 0.29) is 0 Å². The summed E-state index contributed by atoms with van der Waals surface area (Å²) in [5.41, 5.74) is 9.17. The van der Waals surface area contributed by atoms with Crippen LogP contribution in [0, 0.1) is 0 Å². The highest BCUT2D eigenvalue weighted by molar-refractivity contribution is 6.34. The van der Waals surface area contributed by atoms with Crippen LogP contribution in [0.2, 0.25) is 0 Å². The van der Waals surface area contributed by atoms with Crippen LogP contribution in [0.25, 0.3) is 87.5 Å². The first-order valence-electron chi connectivity index (χ1n) is 13.4. The maximum Gasteiger partial charge on any atom is 0.137 e. The summed E-state index contributed by atoms with van der Waals surface area (Å²) in [5.74, 6) is 0. The highest BCUT2D eigenvalue weighted by atomic mass is 16.3. The van der Waals surface area contributed by atoms with E-state index in [0.717, 1.165) is 27.6 Å². The van der Waals surface area contributed by atoms with Gasteiger partial charge in [0.2, 0.25) is 0 Å². The Labute approximate surface area is 222 Å². The fraction of sp³-hybridized carbons (Fsp3) is 0. The van der Waals surface area contributed by atoms with Gasteiger partial charge in [-0.05, 0) is 42.5 Å². The maximum absolute atomic E-state index is 6.33. The van der Waals surface area contributed by atoms with Gasteiger partial charge in [0.1, 0.15) is 11.2 Å². The van der Waals surface area contributed by atoms with Crippen molar-refractivity contribution in [2.75, 3.05) is 0 Å². The van der Waals surface area contributed by atoms with Crippen molar-refractivity contribution in [3.63, 3.8) is 0 Å². The molecular weight excluding hydrogens is 476 g/mol. The van der Waals surface area contributed by atoms with E-state index in [2.05, 4.69) is 118 Å². The lowest BCUT2D eigenvalue weighted by Gasteiger charge is -2.09. The van der Waals surface area contributed by atoms with E-state index in [0.29, 0.717) is 0 Å². The van der Waals surface area contributed by atoms with Crippen molar-refractivity contribution in [3.8, 4) is 5.69 Å². The Morgan fingerprint density at radius 2 is 1.00 bits per heavy atom. The molecule has 0 fully saturated rings. The predicted octanol–water partition coefficient (Wildman–Crippen LogP) is 9.83. The number of benzene rings is 6. The Bertz CT molecular complexity index is 2610. The van der Waals surface area contributed by atoms with E-state index in [4.69, 9.17) is 4.42 Å². The molecule has 6 aromatic carbocycles. The van der Waals surface area contributed by atoms with Crippen LogP contribution in [-0.4, -0.2) is 8.97 Å². The summed E-state index contributed by atoms with van der Waals surface area (Å²) in [6.45, 7) is 0. The van der Waals surface area contributed by atoms with Gasteiger partial charge < -0.3 is 13.4 Å². The highest BCUT2D eigenvalue weighted by Gasteiger charge is 2.24. The predicted molar refractivity (Wildman–Crippen MR) is 163 cm³/mol. The van der Waals surface area contributed by atoms with Crippen LogP contribution < -0.4 is 0 Å². The summed E-state index contributed by atoms with van der Waals surface area (Å²) >= 11 is 0. The Morgan fingerprint density at radius 3 is 1.82 bits per heavy atom. The largest absolute Gasteiger partial charge is 0.456 e. The summed E-state index contributed by atoms with van der Waals surface area (Å²) < 4.78 is 11.2. The molecule has 0 saturated heterocycles. The minimum Gasteiger partial charge on any atom is -0.456 e. The Balaban J connectivity index is 1.47. The van der Waals surface area contributed by atoms with Crippen molar-refractivity contribution in [3.05, 3.63) is 121 Å². The second kappa shape index (κ2) is 6.77. The number of nitrogens with zero attached hydrogens (tertiary/aromatic N) is 2. The molecule has 4 aromatic heterocycles. The molecule has 0 radical (unpaired) electrons. The van der Waals surface area contributed by atoms with E-state index in [1.54, 1.807) is 0 Å². The molecule has 180 valence electrons. The number of hydrogen-bond donors (Lipinski definition) is 0. The smallest absolute Gasteiger partial charge is 0.137 e. The average molecular weight is 497 g/mol. The SMILES string of the molecule is c1ccc2c(c1)oc1cc(-n3c4ccccc4c4cc5c6ccccc6n6c7ccccc7c(c43)c56)ccc12. The van der Waals surface area contributed by atoms with Gasteiger partial charge in [-0.3, -0.25) is 0 Å². The number of para-hydroxylation sites is 4. The second-order valence-corrected chi connectivity index (χ2v) is 10.5. The molecule has 0 aliphatic rings. The van der Waals surface area contributed by atoms with Crippen LogP contribution >= 0.6 is 0 Å².